The Kier molecular flexibility index (Phi) is 3.39. The highest BCUT2D eigenvalue weighted by molar-refractivity contribution is 5.95. The molecule has 0 atom stereocenters. The third-order valence-corrected chi connectivity index (χ3v) is 4.48. The van der Waals surface area contributed by atoms with Crippen LogP contribution in [0.5, 0.6) is 0 Å². The van der Waals surface area contributed by atoms with E-state index in [1.807, 2.05) is 68.5 Å². The van der Waals surface area contributed by atoms with Crippen LogP contribution in [0.1, 0.15) is 30.8 Å². The minimum Gasteiger partial charge on any atom is -0.438 e. The van der Waals surface area contributed by atoms with E-state index in [1.165, 1.54) is 4.90 Å². The lowest BCUT2D eigenvalue weighted by molar-refractivity contribution is 0.0363. The van der Waals surface area contributed by atoms with Crippen molar-refractivity contribution in [3.8, 4) is 0 Å². The molecular weight excluding hydrogens is 314 g/mol. The summed E-state index contributed by atoms with van der Waals surface area (Å²) < 4.78 is 5.51. The van der Waals surface area contributed by atoms with E-state index in [1.54, 1.807) is 7.05 Å². The van der Waals surface area contributed by atoms with Crippen LogP contribution in [0.2, 0.25) is 0 Å². The first kappa shape index (κ1) is 15.4. The Hall–Kier alpha value is -3.08. The molecule has 0 bridgehead atoms. The molecule has 0 unspecified atom stereocenters. The van der Waals surface area contributed by atoms with Gasteiger partial charge in [-0.2, -0.15) is 0 Å². The summed E-state index contributed by atoms with van der Waals surface area (Å²) in [6.45, 7) is 3.80. The molecule has 0 aliphatic carbocycles. The Morgan fingerprint density at radius 1 is 1.16 bits per heavy atom. The summed E-state index contributed by atoms with van der Waals surface area (Å²) in [7, 11) is 1.71. The van der Waals surface area contributed by atoms with Gasteiger partial charge in [0.1, 0.15) is 11.4 Å². The minimum atomic E-state index is -0.668. The molecule has 4 rings (SSSR count). The lowest BCUT2D eigenvalue weighted by Crippen LogP contribution is -2.41. The second-order valence-corrected chi connectivity index (χ2v) is 6.69. The van der Waals surface area contributed by atoms with Crippen molar-refractivity contribution < 1.29 is 9.53 Å². The van der Waals surface area contributed by atoms with Crippen molar-refractivity contribution in [3.05, 3.63) is 59.4 Å². The molecule has 1 aliphatic heterocycles. The van der Waals surface area contributed by atoms with Crippen molar-refractivity contribution in [3.63, 3.8) is 0 Å². The SMILES string of the molecule is CN1C(=O)OC(C)(C)c2cc3[nH]c(C=Cc4ccccc4)nc3cc21. The van der Waals surface area contributed by atoms with Crippen LogP contribution in [-0.2, 0) is 10.3 Å². The van der Waals surface area contributed by atoms with Crippen LogP contribution < -0.4 is 4.90 Å². The first-order valence-electron chi connectivity index (χ1n) is 8.18. The highest BCUT2D eigenvalue weighted by atomic mass is 16.6. The maximum absolute atomic E-state index is 12.0. The second kappa shape index (κ2) is 5.48. The molecule has 3 aromatic rings. The number of ether oxygens (including phenoxy) is 1. The summed E-state index contributed by atoms with van der Waals surface area (Å²) in [6.07, 6.45) is 3.61. The van der Waals surface area contributed by atoms with Crippen molar-refractivity contribution in [2.75, 3.05) is 11.9 Å². The summed E-state index contributed by atoms with van der Waals surface area (Å²) in [4.78, 5) is 21.5. The van der Waals surface area contributed by atoms with Gasteiger partial charge in [0.2, 0.25) is 0 Å². The smallest absolute Gasteiger partial charge is 0.414 e. The number of fused-ring (bicyclic) bond motifs is 2. The predicted molar refractivity (Wildman–Crippen MR) is 99.4 cm³/mol. The Bertz CT molecular complexity index is 987. The van der Waals surface area contributed by atoms with E-state index >= 15 is 0 Å². The number of aromatic nitrogens is 2. The van der Waals surface area contributed by atoms with E-state index in [-0.39, 0.29) is 6.09 Å². The molecule has 0 spiro atoms. The van der Waals surface area contributed by atoms with Gasteiger partial charge in [0.05, 0.1) is 16.7 Å². The first-order chi connectivity index (χ1) is 11.9. The Morgan fingerprint density at radius 3 is 2.68 bits per heavy atom. The van der Waals surface area contributed by atoms with Gasteiger partial charge in [-0.15, -0.1) is 0 Å². The number of carbonyl (C=O) groups is 1. The molecule has 0 radical (unpaired) electrons. The molecule has 126 valence electrons. The molecule has 1 aromatic heterocycles. The quantitative estimate of drug-likeness (QED) is 0.748. The average molecular weight is 333 g/mol. The Morgan fingerprint density at radius 2 is 1.92 bits per heavy atom. The van der Waals surface area contributed by atoms with E-state index in [0.717, 1.165) is 33.7 Å². The van der Waals surface area contributed by atoms with E-state index in [9.17, 15) is 4.79 Å². The number of cyclic esters (lactones) is 1. The number of hydrogen-bond donors (Lipinski definition) is 1. The molecule has 5 heteroatoms. The van der Waals surface area contributed by atoms with Crippen LogP contribution in [0.3, 0.4) is 0 Å². The number of rotatable bonds is 2. The number of benzene rings is 2. The highest BCUT2D eigenvalue weighted by Crippen LogP contribution is 2.40. The van der Waals surface area contributed by atoms with Gasteiger partial charge in [0.15, 0.2) is 0 Å². The molecule has 5 nitrogen and oxygen atoms in total. The highest BCUT2D eigenvalue weighted by Gasteiger charge is 2.37. The summed E-state index contributed by atoms with van der Waals surface area (Å²) in [5.74, 6) is 0.772. The van der Waals surface area contributed by atoms with Gasteiger partial charge in [-0.05, 0) is 37.6 Å². The van der Waals surface area contributed by atoms with Crippen molar-refractivity contribution in [2.24, 2.45) is 0 Å². The van der Waals surface area contributed by atoms with Gasteiger partial charge in [-0.1, -0.05) is 36.4 Å². The fourth-order valence-electron chi connectivity index (χ4n) is 3.08. The zero-order valence-corrected chi connectivity index (χ0v) is 14.4. The maximum Gasteiger partial charge on any atom is 0.414 e. The molecule has 0 saturated carbocycles. The number of nitrogens with zero attached hydrogens (tertiary/aromatic N) is 2. The van der Waals surface area contributed by atoms with Crippen LogP contribution >= 0.6 is 0 Å². The number of aromatic amines is 1. The van der Waals surface area contributed by atoms with Crippen molar-refractivity contribution in [2.45, 2.75) is 19.4 Å². The van der Waals surface area contributed by atoms with E-state index in [4.69, 9.17) is 4.74 Å². The average Bonchev–Trinajstić information content (AvgIpc) is 2.99. The third kappa shape index (κ3) is 2.67. The molecule has 2 heterocycles. The maximum atomic E-state index is 12.0. The zero-order chi connectivity index (χ0) is 17.6. The third-order valence-electron chi connectivity index (χ3n) is 4.48. The van der Waals surface area contributed by atoms with E-state index in [2.05, 4.69) is 9.97 Å². The summed E-state index contributed by atoms with van der Waals surface area (Å²) >= 11 is 0. The number of imidazole rings is 1. The number of H-pyrrole nitrogens is 1. The number of hydrogen-bond acceptors (Lipinski definition) is 3. The largest absolute Gasteiger partial charge is 0.438 e. The Balaban J connectivity index is 1.77. The van der Waals surface area contributed by atoms with Gasteiger partial charge in [-0.25, -0.2) is 9.78 Å². The van der Waals surface area contributed by atoms with Gasteiger partial charge >= 0.3 is 6.09 Å². The number of nitrogens with one attached hydrogen (secondary N) is 1. The van der Waals surface area contributed by atoms with Gasteiger partial charge in [0, 0.05) is 12.6 Å². The zero-order valence-electron chi connectivity index (χ0n) is 14.4. The number of amides is 1. The predicted octanol–water partition coefficient (Wildman–Crippen LogP) is 4.55. The molecule has 1 N–H and O–H groups in total. The van der Waals surface area contributed by atoms with Crippen molar-refractivity contribution in [1.29, 1.82) is 0 Å². The van der Waals surface area contributed by atoms with Crippen LogP contribution in [0.25, 0.3) is 23.2 Å². The standard InChI is InChI=1S/C20H19N3O2/c1-20(2)14-11-15-16(12-17(14)23(3)19(24)25-20)22-18(21-15)10-9-13-7-5-4-6-8-13/h4-12H,1-3H3,(H,21,22). The Labute approximate surface area is 145 Å². The van der Waals surface area contributed by atoms with Crippen molar-refractivity contribution in [1.82, 2.24) is 9.97 Å². The van der Waals surface area contributed by atoms with Crippen LogP contribution in [-0.4, -0.2) is 23.1 Å². The lowest BCUT2D eigenvalue weighted by atomic mass is 9.94. The van der Waals surface area contributed by atoms with Gasteiger partial charge < -0.3 is 9.72 Å². The normalized spacial score (nSPS) is 16.3. The molecule has 1 amide bonds. The second-order valence-electron chi connectivity index (χ2n) is 6.69. The molecule has 25 heavy (non-hydrogen) atoms. The molecular formula is C20H19N3O2. The van der Waals surface area contributed by atoms with Crippen LogP contribution in [0.15, 0.2) is 42.5 Å². The van der Waals surface area contributed by atoms with Gasteiger partial charge in [-0.3, -0.25) is 4.90 Å². The van der Waals surface area contributed by atoms with E-state index < -0.39 is 5.60 Å². The number of carbonyl (C=O) groups excluding carboxylic acids is 1. The first-order valence-corrected chi connectivity index (χ1v) is 8.18. The molecule has 1 aliphatic rings. The monoisotopic (exact) mass is 333 g/mol. The molecule has 0 saturated heterocycles. The number of anilines is 1. The molecule has 0 fully saturated rings. The molecule has 2 aromatic carbocycles. The van der Waals surface area contributed by atoms with Gasteiger partial charge in [0.25, 0.3) is 0 Å². The topological polar surface area (TPSA) is 58.2 Å². The van der Waals surface area contributed by atoms with Crippen LogP contribution in [0, 0.1) is 0 Å². The van der Waals surface area contributed by atoms with E-state index in [0.29, 0.717) is 0 Å². The van der Waals surface area contributed by atoms with Crippen LogP contribution in [0.4, 0.5) is 10.5 Å². The fourth-order valence-corrected chi connectivity index (χ4v) is 3.08. The summed E-state index contributed by atoms with van der Waals surface area (Å²) in [5, 5.41) is 0. The fraction of sp³-hybridized carbons (Fsp3) is 0.200. The summed E-state index contributed by atoms with van der Waals surface area (Å²) in [6, 6.07) is 14.0. The summed E-state index contributed by atoms with van der Waals surface area (Å²) in [5.41, 5.74) is 3.98. The lowest BCUT2D eigenvalue weighted by Gasteiger charge is -2.36. The van der Waals surface area contributed by atoms with Crippen molar-refractivity contribution >= 4 is 35.0 Å². The minimum absolute atomic E-state index is 0.350.